The minimum Gasteiger partial charge on any atom is -0.346 e. The number of nitrogens with zero attached hydrogens (tertiary/aromatic N) is 3. The lowest BCUT2D eigenvalue weighted by Crippen LogP contribution is -2.44. The summed E-state index contributed by atoms with van der Waals surface area (Å²) in [5, 5.41) is 0. The molecule has 2 unspecified atom stereocenters. The Morgan fingerprint density at radius 2 is 2.17 bits per heavy atom. The second kappa shape index (κ2) is 4.37. The number of piperidine rings is 1. The maximum Gasteiger partial charge on any atom is 0.0883 e. The number of aromatic nitrogens is 2. The summed E-state index contributed by atoms with van der Waals surface area (Å²) in [5.74, 6) is 0.512. The van der Waals surface area contributed by atoms with E-state index in [1.807, 2.05) is 12.3 Å². The topological polar surface area (TPSA) is 47.1 Å². The van der Waals surface area contributed by atoms with Gasteiger partial charge in [0.05, 0.1) is 11.0 Å². The number of fused-ring (bicyclic) bond motifs is 1. The molecule has 1 fully saturated rings. The second-order valence-electron chi connectivity index (χ2n) is 5.45. The molecule has 2 N–H and O–H groups in total. The van der Waals surface area contributed by atoms with Crippen molar-refractivity contribution in [2.24, 2.45) is 12.8 Å². The van der Waals surface area contributed by atoms with Crippen LogP contribution in [0.5, 0.6) is 0 Å². The van der Waals surface area contributed by atoms with E-state index in [4.69, 9.17) is 5.73 Å². The number of hydrogen-bond donors (Lipinski definition) is 1. The van der Waals surface area contributed by atoms with E-state index in [2.05, 4.69) is 40.7 Å². The number of rotatable bonds is 1. The van der Waals surface area contributed by atoms with Gasteiger partial charge in [0.2, 0.25) is 0 Å². The monoisotopic (exact) mass is 244 g/mol. The van der Waals surface area contributed by atoms with Crippen molar-refractivity contribution in [1.82, 2.24) is 14.5 Å². The van der Waals surface area contributed by atoms with Crippen LogP contribution in [0.2, 0.25) is 0 Å². The summed E-state index contributed by atoms with van der Waals surface area (Å²) in [6.45, 7) is 2.08. The predicted octanol–water partition coefficient (Wildman–Crippen LogP) is 1.32. The first-order valence-corrected chi connectivity index (χ1v) is 6.49. The molecule has 1 aliphatic rings. The van der Waals surface area contributed by atoms with Crippen molar-refractivity contribution in [3.8, 4) is 0 Å². The van der Waals surface area contributed by atoms with E-state index in [9.17, 15) is 0 Å². The molecule has 0 amide bonds. The minimum atomic E-state index is 0.278. The van der Waals surface area contributed by atoms with Crippen LogP contribution >= 0.6 is 0 Å². The molecule has 2 aromatic rings. The van der Waals surface area contributed by atoms with Gasteiger partial charge in [-0.25, -0.2) is 0 Å². The molecular weight excluding hydrogens is 224 g/mol. The summed E-state index contributed by atoms with van der Waals surface area (Å²) in [6, 6.07) is 6.61. The van der Waals surface area contributed by atoms with Gasteiger partial charge in [-0.15, -0.1) is 0 Å². The van der Waals surface area contributed by atoms with E-state index >= 15 is 0 Å². The molecule has 3 heterocycles. The van der Waals surface area contributed by atoms with Gasteiger partial charge in [-0.2, -0.15) is 0 Å². The Kier molecular flexibility index (Phi) is 2.84. The highest BCUT2D eigenvalue weighted by Crippen LogP contribution is 2.29. The summed E-state index contributed by atoms with van der Waals surface area (Å²) in [7, 11) is 4.27. The molecule has 3 rings (SSSR count). The van der Waals surface area contributed by atoms with Gasteiger partial charge in [0.15, 0.2) is 0 Å². The van der Waals surface area contributed by atoms with Gasteiger partial charge in [-0.1, -0.05) is 0 Å². The quantitative estimate of drug-likeness (QED) is 0.823. The Morgan fingerprint density at radius 1 is 1.33 bits per heavy atom. The molecule has 0 aliphatic carbocycles. The van der Waals surface area contributed by atoms with E-state index in [1.165, 1.54) is 11.2 Å². The molecule has 1 aliphatic heterocycles. The Labute approximate surface area is 107 Å². The number of aryl methyl sites for hydroxylation is 1. The average molecular weight is 244 g/mol. The van der Waals surface area contributed by atoms with Gasteiger partial charge in [0.1, 0.15) is 0 Å². The Morgan fingerprint density at radius 3 is 2.89 bits per heavy atom. The largest absolute Gasteiger partial charge is 0.346 e. The molecule has 96 valence electrons. The van der Waals surface area contributed by atoms with Gasteiger partial charge < -0.3 is 15.2 Å². The van der Waals surface area contributed by atoms with Gasteiger partial charge in [-0.3, -0.25) is 4.98 Å². The van der Waals surface area contributed by atoms with Crippen molar-refractivity contribution < 1.29 is 0 Å². The highest BCUT2D eigenvalue weighted by Gasteiger charge is 2.26. The third-order valence-electron chi connectivity index (χ3n) is 3.93. The average Bonchev–Trinajstić information content (AvgIpc) is 2.66. The lowest BCUT2D eigenvalue weighted by molar-refractivity contribution is 0.223. The van der Waals surface area contributed by atoms with Crippen LogP contribution in [0.4, 0.5) is 0 Å². The second-order valence-corrected chi connectivity index (χ2v) is 5.45. The molecule has 0 bridgehead atoms. The van der Waals surface area contributed by atoms with Crippen LogP contribution in [-0.4, -0.2) is 40.6 Å². The Hall–Kier alpha value is -1.39. The molecule has 1 saturated heterocycles. The molecule has 0 radical (unpaired) electrons. The molecule has 0 spiro atoms. The number of likely N-dealkylation sites (tertiary alicyclic amines) is 1. The lowest BCUT2D eigenvalue weighted by Gasteiger charge is -2.34. The normalized spacial score (nSPS) is 25.7. The zero-order chi connectivity index (χ0) is 12.7. The Bertz CT molecular complexity index is 550. The standard InChI is InChI=1S/C14H20N4/c1-17-8-10(6-11(15)9-17)14-7-12-13(18(14)2)4-3-5-16-12/h3-5,7,10-11H,6,8-9,15H2,1-2H3. The van der Waals surface area contributed by atoms with Crippen molar-refractivity contribution in [2.45, 2.75) is 18.4 Å². The van der Waals surface area contributed by atoms with E-state index in [-0.39, 0.29) is 6.04 Å². The van der Waals surface area contributed by atoms with E-state index in [0.717, 1.165) is 25.0 Å². The zero-order valence-corrected chi connectivity index (χ0v) is 11.0. The number of pyridine rings is 1. The maximum atomic E-state index is 6.13. The lowest BCUT2D eigenvalue weighted by atomic mass is 9.92. The fraction of sp³-hybridized carbons (Fsp3) is 0.500. The molecule has 18 heavy (non-hydrogen) atoms. The number of likely N-dealkylation sites (N-methyl/N-ethyl adjacent to an activating group) is 1. The van der Waals surface area contributed by atoms with Gasteiger partial charge in [-0.05, 0) is 31.7 Å². The van der Waals surface area contributed by atoms with Gasteiger partial charge in [0.25, 0.3) is 0 Å². The molecule has 2 aromatic heterocycles. The molecule has 2 atom stereocenters. The molecule has 0 saturated carbocycles. The number of hydrogen-bond acceptors (Lipinski definition) is 3. The summed E-state index contributed by atoms with van der Waals surface area (Å²) in [4.78, 5) is 6.75. The van der Waals surface area contributed by atoms with Crippen molar-refractivity contribution >= 4 is 11.0 Å². The van der Waals surface area contributed by atoms with Crippen LogP contribution in [0.25, 0.3) is 11.0 Å². The van der Waals surface area contributed by atoms with Crippen LogP contribution < -0.4 is 5.73 Å². The molecular formula is C14H20N4. The van der Waals surface area contributed by atoms with Gasteiger partial charge >= 0.3 is 0 Å². The fourth-order valence-corrected chi connectivity index (χ4v) is 3.15. The maximum absolute atomic E-state index is 6.13. The van der Waals surface area contributed by atoms with E-state index in [0.29, 0.717) is 5.92 Å². The first-order chi connectivity index (χ1) is 8.65. The van der Waals surface area contributed by atoms with Crippen LogP contribution in [0.15, 0.2) is 24.4 Å². The molecule has 4 nitrogen and oxygen atoms in total. The van der Waals surface area contributed by atoms with Gasteiger partial charge in [0, 0.05) is 44.0 Å². The highest BCUT2D eigenvalue weighted by molar-refractivity contribution is 5.76. The smallest absolute Gasteiger partial charge is 0.0883 e. The molecule has 0 aromatic carbocycles. The number of nitrogens with two attached hydrogens (primary N) is 1. The first-order valence-electron chi connectivity index (χ1n) is 6.49. The third-order valence-corrected chi connectivity index (χ3v) is 3.93. The summed E-state index contributed by atoms with van der Waals surface area (Å²) in [6.07, 6.45) is 2.92. The van der Waals surface area contributed by atoms with Crippen molar-refractivity contribution in [2.75, 3.05) is 20.1 Å². The fourth-order valence-electron chi connectivity index (χ4n) is 3.15. The van der Waals surface area contributed by atoms with Crippen LogP contribution in [-0.2, 0) is 7.05 Å². The predicted molar refractivity (Wildman–Crippen MR) is 73.5 cm³/mol. The van der Waals surface area contributed by atoms with Crippen molar-refractivity contribution in [3.05, 3.63) is 30.1 Å². The summed E-state index contributed by atoms with van der Waals surface area (Å²) < 4.78 is 2.26. The van der Waals surface area contributed by atoms with Crippen LogP contribution in [0, 0.1) is 0 Å². The highest BCUT2D eigenvalue weighted by atomic mass is 15.1. The van der Waals surface area contributed by atoms with Crippen LogP contribution in [0.3, 0.4) is 0 Å². The van der Waals surface area contributed by atoms with E-state index < -0.39 is 0 Å². The van der Waals surface area contributed by atoms with Crippen molar-refractivity contribution in [1.29, 1.82) is 0 Å². The van der Waals surface area contributed by atoms with E-state index in [1.54, 1.807) is 0 Å². The van der Waals surface area contributed by atoms with Crippen LogP contribution in [0.1, 0.15) is 18.0 Å². The minimum absolute atomic E-state index is 0.278. The first kappa shape index (κ1) is 11.7. The molecule has 4 heteroatoms. The Balaban J connectivity index is 2.01. The summed E-state index contributed by atoms with van der Waals surface area (Å²) in [5.41, 5.74) is 9.77. The summed E-state index contributed by atoms with van der Waals surface area (Å²) >= 11 is 0. The van der Waals surface area contributed by atoms with Crippen molar-refractivity contribution in [3.63, 3.8) is 0 Å². The SMILES string of the molecule is CN1CC(N)CC(c2cc3ncccc3n2C)C1. The third kappa shape index (κ3) is 1.91. The zero-order valence-electron chi connectivity index (χ0n) is 11.0.